The summed E-state index contributed by atoms with van der Waals surface area (Å²) in [6.07, 6.45) is 8.23. The summed E-state index contributed by atoms with van der Waals surface area (Å²) >= 11 is 0. The number of hydrogen-bond donors (Lipinski definition) is 0. The number of carbonyl (C=O) groups is 2. The van der Waals surface area contributed by atoms with Crippen LogP contribution in [0, 0.1) is 5.92 Å². The average Bonchev–Trinajstić information content (AvgIpc) is 2.98. The Morgan fingerprint density at radius 3 is 2.65 bits per heavy atom. The quantitative estimate of drug-likeness (QED) is 0.703. The molecule has 4 heterocycles. The van der Waals surface area contributed by atoms with Crippen molar-refractivity contribution in [2.75, 3.05) is 39.4 Å². The van der Waals surface area contributed by atoms with Crippen LogP contribution in [0.3, 0.4) is 0 Å². The number of aromatic nitrogens is 2. The fraction of sp³-hybridized carbons (Fsp3) is 0.478. The van der Waals surface area contributed by atoms with Gasteiger partial charge in [0.25, 0.3) is 5.91 Å². The SMILES string of the molecule is O=C1CN(C(=O)c2cccnc2)C[C@@H](OCc2ccncc2)CN1CC1CCOCC1. The monoisotopic (exact) mass is 424 g/mol. The molecule has 8 nitrogen and oxygen atoms in total. The summed E-state index contributed by atoms with van der Waals surface area (Å²) < 4.78 is 11.6. The molecule has 8 heteroatoms. The van der Waals surface area contributed by atoms with Crippen LogP contribution in [0.1, 0.15) is 28.8 Å². The van der Waals surface area contributed by atoms with Crippen LogP contribution >= 0.6 is 0 Å². The zero-order chi connectivity index (χ0) is 21.5. The molecule has 2 aromatic heterocycles. The molecule has 164 valence electrons. The van der Waals surface area contributed by atoms with E-state index >= 15 is 0 Å². The minimum atomic E-state index is -0.278. The van der Waals surface area contributed by atoms with Crippen molar-refractivity contribution in [3.63, 3.8) is 0 Å². The normalized spacial score (nSPS) is 20.5. The molecule has 0 spiro atoms. The lowest BCUT2D eigenvalue weighted by molar-refractivity contribution is -0.132. The molecule has 1 atom stereocenters. The Labute approximate surface area is 182 Å². The fourth-order valence-electron chi connectivity index (χ4n) is 4.02. The van der Waals surface area contributed by atoms with Crippen LogP contribution in [0.2, 0.25) is 0 Å². The summed E-state index contributed by atoms with van der Waals surface area (Å²) in [4.78, 5) is 37.6. The van der Waals surface area contributed by atoms with Gasteiger partial charge in [-0.3, -0.25) is 19.6 Å². The third-order valence-electron chi connectivity index (χ3n) is 5.78. The van der Waals surface area contributed by atoms with E-state index in [9.17, 15) is 9.59 Å². The van der Waals surface area contributed by atoms with Gasteiger partial charge < -0.3 is 19.3 Å². The zero-order valence-corrected chi connectivity index (χ0v) is 17.6. The lowest BCUT2D eigenvalue weighted by Crippen LogP contribution is -2.42. The van der Waals surface area contributed by atoms with Gasteiger partial charge in [0.05, 0.1) is 18.3 Å². The van der Waals surface area contributed by atoms with Gasteiger partial charge in [-0.05, 0) is 48.6 Å². The molecule has 0 unspecified atom stereocenters. The van der Waals surface area contributed by atoms with E-state index < -0.39 is 0 Å². The van der Waals surface area contributed by atoms with E-state index in [1.54, 1.807) is 35.6 Å². The lowest BCUT2D eigenvalue weighted by Gasteiger charge is -2.30. The first kappa shape index (κ1) is 21.4. The van der Waals surface area contributed by atoms with Crippen molar-refractivity contribution >= 4 is 11.8 Å². The Hall–Kier alpha value is -2.84. The van der Waals surface area contributed by atoms with Crippen LogP contribution in [-0.2, 0) is 20.9 Å². The third kappa shape index (κ3) is 5.86. The molecule has 0 aliphatic carbocycles. The molecule has 2 aliphatic rings. The zero-order valence-electron chi connectivity index (χ0n) is 17.6. The fourth-order valence-corrected chi connectivity index (χ4v) is 4.02. The highest BCUT2D eigenvalue weighted by Gasteiger charge is 2.32. The second-order valence-corrected chi connectivity index (χ2v) is 8.07. The minimum absolute atomic E-state index is 0.0428. The van der Waals surface area contributed by atoms with Gasteiger partial charge in [-0.1, -0.05) is 0 Å². The van der Waals surface area contributed by atoms with Crippen molar-refractivity contribution in [3.8, 4) is 0 Å². The van der Waals surface area contributed by atoms with E-state index in [0.717, 1.165) is 31.6 Å². The highest BCUT2D eigenvalue weighted by atomic mass is 16.5. The molecule has 31 heavy (non-hydrogen) atoms. The van der Waals surface area contributed by atoms with Crippen LogP contribution in [0.15, 0.2) is 49.1 Å². The molecule has 2 saturated heterocycles. The summed E-state index contributed by atoms with van der Waals surface area (Å²) in [7, 11) is 0. The van der Waals surface area contributed by atoms with Crippen LogP contribution in [0.4, 0.5) is 0 Å². The second-order valence-electron chi connectivity index (χ2n) is 8.07. The molecule has 2 aliphatic heterocycles. The predicted octanol–water partition coefficient (Wildman–Crippen LogP) is 1.77. The number of carbonyl (C=O) groups excluding carboxylic acids is 2. The Kier molecular flexibility index (Phi) is 7.22. The van der Waals surface area contributed by atoms with Gasteiger partial charge >= 0.3 is 0 Å². The number of nitrogens with zero attached hydrogens (tertiary/aromatic N) is 4. The number of hydrogen-bond acceptors (Lipinski definition) is 6. The summed E-state index contributed by atoms with van der Waals surface area (Å²) in [6.45, 7) is 3.42. The molecule has 0 bridgehead atoms. The van der Waals surface area contributed by atoms with Crippen molar-refractivity contribution in [2.45, 2.75) is 25.6 Å². The lowest BCUT2D eigenvalue weighted by atomic mass is 9.99. The Balaban J connectivity index is 1.48. The number of ether oxygens (including phenoxy) is 2. The molecular formula is C23H28N4O4. The Morgan fingerprint density at radius 1 is 1.10 bits per heavy atom. The van der Waals surface area contributed by atoms with Crippen LogP contribution in [-0.4, -0.2) is 77.1 Å². The van der Waals surface area contributed by atoms with E-state index in [-0.39, 0.29) is 24.5 Å². The van der Waals surface area contributed by atoms with E-state index in [1.807, 2.05) is 17.0 Å². The smallest absolute Gasteiger partial charge is 0.255 e. The maximum Gasteiger partial charge on any atom is 0.255 e. The van der Waals surface area contributed by atoms with Gasteiger partial charge in [-0.15, -0.1) is 0 Å². The number of rotatable bonds is 6. The Bertz CT molecular complexity index is 858. The van der Waals surface area contributed by atoms with Gasteiger partial charge in [0, 0.05) is 57.6 Å². The van der Waals surface area contributed by atoms with Gasteiger partial charge in [-0.25, -0.2) is 0 Å². The van der Waals surface area contributed by atoms with Crippen LogP contribution < -0.4 is 0 Å². The van der Waals surface area contributed by atoms with E-state index in [4.69, 9.17) is 9.47 Å². The first-order valence-corrected chi connectivity index (χ1v) is 10.7. The van der Waals surface area contributed by atoms with Gasteiger partial charge in [0.1, 0.15) is 6.54 Å². The molecule has 4 rings (SSSR count). The summed E-state index contributed by atoms with van der Waals surface area (Å²) in [6, 6.07) is 7.25. The molecule has 2 aromatic rings. The van der Waals surface area contributed by atoms with E-state index in [0.29, 0.717) is 37.7 Å². The number of amides is 2. The van der Waals surface area contributed by atoms with Gasteiger partial charge in [0.15, 0.2) is 0 Å². The van der Waals surface area contributed by atoms with E-state index in [2.05, 4.69) is 9.97 Å². The average molecular weight is 425 g/mol. The van der Waals surface area contributed by atoms with Crippen LogP contribution in [0.5, 0.6) is 0 Å². The first-order chi connectivity index (χ1) is 15.2. The molecule has 0 aromatic carbocycles. The summed E-state index contributed by atoms with van der Waals surface area (Å²) in [5.41, 5.74) is 1.48. The molecule has 2 fully saturated rings. The minimum Gasteiger partial charge on any atom is -0.381 e. The van der Waals surface area contributed by atoms with Crippen molar-refractivity contribution < 1.29 is 19.1 Å². The molecule has 0 saturated carbocycles. The highest BCUT2D eigenvalue weighted by molar-refractivity contribution is 5.96. The van der Waals surface area contributed by atoms with Gasteiger partial charge in [-0.2, -0.15) is 0 Å². The maximum absolute atomic E-state index is 13.1. The summed E-state index contributed by atoms with van der Waals surface area (Å²) in [5, 5.41) is 0. The molecule has 0 radical (unpaired) electrons. The van der Waals surface area contributed by atoms with Crippen molar-refractivity contribution in [3.05, 3.63) is 60.2 Å². The third-order valence-corrected chi connectivity index (χ3v) is 5.78. The molecule has 2 amide bonds. The Morgan fingerprint density at radius 2 is 1.90 bits per heavy atom. The summed E-state index contributed by atoms with van der Waals surface area (Å²) in [5.74, 6) is 0.171. The maximum atomic E-state index is 13.1. The highest BCUT2D eigenvalue weighted by Crippen LogP contribution is 2.19. The first-order valence-electron chi connectivity index (χ1n) is 10.7. The molecule has 0 N–H and O–H groups in total. The van der Waals surface area contributed by atoms with Crippen molar-refractivity contribution in [1.82, 2.24) is 19.8 Å². The topological polar surface area (TPSA) is 84.9 Å². The van der Waals surface area contributed by atoms with E-state index in [1.165, 1.54) is 6.20 Å². The molecular weight excluding hydrogens is 396 g/mol. The second kappa shape index (κ2) is 10.5. The predicted molar refractivity (Wildman–Crippen MR) is 113 cm³/mol. The largest absolute Gasteiger partial charge is 0.381 e. The van der Waals surface area contributed by atoms with Crippen molar-refractivity contribution in [2.24, 2.45) is 5.92 Å². The van der Waals surface area contributed by atoms with Gasteiger partial charge in [0.2, 0.25) is 5.91 Å². The number of pyridine rings is 2. The van der Waals surface area contributed by atoms with Crippen LogP contribution in [0.25, 0.3) is 0 Å². The van der Waals surface area contributed by atoms with Crippen molar-refractivity contribution in [1.29, 1.82) is 0 Å². The standard InChI is InChI=1S/C23H28N4O4/c28-22-16-27(23(29)20-2-1-7-25-12-20)15-21(31-17-19-3-8-24-9-4-19)14-26(22)13-18-5-10-30-11-6-18/h1-4,7-9,12,18,21H,5-6,10-11,13-17H2/t21-/m0/s1.